The molecule has 3 fully saturated rings. The quantitative estimate of drug-likeness (QED) is 0.848. The van der Waals surface area contributed by atoms with Gasteiger partial charge in [0.15, 0.2) is 0 Å². The highest BCUT2D eigenvalue weighted by molar-refractivity contribution is 5.89. The van der Waals surface area contributed by atoms with E-state index in [1.807, 2.05) is 4.90 Å². The van der Waals surface area contributed by atoms with E-state index in [0.29, 0.717) is 11.8 Å². The number of fused-ring (bicyclic) bond motifs is 1. The molecule has 4 atom stereocenters. The number of hydrogen-bond acceptors (Lipinski definition) is 3. The van der Waals surface area contributed by atoms with Crippen LogP contribution in [0.4, 0.5) is 0 Å². The van der Waals surface area contributed by atoms with Crippen molar-refractivity contribution in [3.63, 3.8) is 0 Å². The highest BCUT2D eigenvalue weighted by Crippen LogP contribution is 2.58. The summed E-state index contributed by atoms with van der Waals surface area (Å²) in [5, 5.41) is 0. The minimum Gasteiger partial charge on any atom is -0.377 e. The van der Waals surface area contributed by atoms with Gasteiger partial charge in [-0.15, -0.1) is 0 Å². The number of hydrogen-bond donors (Lipinski definition) is 1. The third-order valence-electron chi connectivity index (χ3n) is 6.49. The van der Waals surface area contributed by atoms with E-state index in [-0.39, 0.29) is 23.3 Å². The summed E-state index contributed by atoms with van der Waals surface area (Å²) in [6.45, 7) is 11.3. The number of carbonyl (C=O) groups is 1. The van der Waals surface area contributed by atoms with Crippen LogP contribution >= 0.6 is 0 Å². The molecule has 4 heteroatoms. The van der Waals surface area contributed by atoms with E-state index in [2.05, 4.69) is 27.7 Å². The molecule has 0 aromatic heterocycles. The number of rotatable bonds is 2. The maximum atomic E-state index is 13.1. The Hall–Kier alpha value is -0.610. The van der Waals surface area contributed by atoms with Crippen molar-refractivity contribution in [1.29, 1.82) is 0 Å². The summed E-state index contributed by atoms with van der Waals surface area (Å²) >= 11 is 0. The Balaban J connectivity index is 1.77. The smallest absolute Gasteiger partial charge is 0.243 e. The summed E-state index contributed by atoms with van der Waals surface area (Å²) in [5.41, 5.74) is 5.72. The molecule has 3 rings (SSSR count). The zero-order valence-corrected chi connectivity index (χ0v) is 13.9. The normalized spacial score (nSPS) is 41.8. The zero-order chi connectivity index (χ0) is 15.4. The second-order valence-corrected chi connectivity index (χ2v) is 8.17. The Morgan fingerprint density at radius 3 is 2.67 bits per heavy atom. The van der Waals surface area contributed by atoms with Crippen molar-refractivity contribution >= 4 is 5.91 Å². The maximum Gasteiger partial charge on any atom is 0.243 e. The molecule has 2 aliphatic heterocycles. The summed E-state index contributed by atoms with van der Waals surface area (Å²) < 4.78 is 5.91. The van der Waals surface area contributed by atoms with Gasteiger partial charge in [-0.2, -0.15) is 0 Å². The molecule has 1 amide bonds. The zero-order valence-electron chi connectivity index (χ0n) is 13.9. The van der Waals surface area contributed by atoms with Crippen LogP contribution in [0.3, 0.4) is 0 Å². The first kappa shape index (κ1) is 15.3. The van der Waals surface area contributed by atoms with Crippen molar-refractivity contribution in [2.75, 3.05) is 19.7 Å². The molecule has 0 aromatic rings. The minimum atomic E-state index is -0.732. The topological polar surface area (TPSA) is 55.6 Å². The molecule has 4 nitrogen and oxygen atoms in total. The standard InChI is InChI=1S/C17H30N2O2/c1-11(2)12-7-8-19(10-12)15(20)17(18)13-6-5-9-21-14(13)16(17,3)4/h11-14H,5-10,18H2,1-4H3. The number of amides is 1. The van der Waals surface area contributed by atoms with Crippen LogP contribution in [0.5, 0.6) is 0 Å². The van der Waals surface area contributed by atoms with Gasteiger partial charge in [-0.25, -0.2) is 0 Å². The molecular formula is C17H30N2O2. The largest absolute Gasteiger partial charge is 0.377 e. The molecule has 21 heavy (non-hydrogen) atoms. The third-order valence-corrected chi connectivity index (χ3v) is 6.49. The molecule has 0 bridgehead atoms. The predicted molar refractivity (Wildman–Crippen MR) is 82.7 cm³/mol. The Labute approximate surface area is 128 Å². The average molecular weight is 294 g/mol. The molecule has 4 unspecified atom stereocenters. The lowest BCUT2D eigenvalue weighted by atomic mass is 9.46. The van der Waals surface area contributed by atoms with Gasteiger partial charge in [0, 0.05) is 31.0 Å². The molecule has 0 aromatic carbocycles. The number of nitrogens with two attached hydrogens (primary N) is 1. The van der Waals surface area contributed by atoms with Crippen LogP contribution in [0.1, 0.15) is 47.0 Å². The van der Waals surface area contributed by atoms with Gasteiger partial charge in [0.1, 0.15) is 5.54 Å². The van der Waals surface area contributed by atoms with Gasteiger partial charge in [-0.3, -0.25) is 4.79 Å². The third kappa shape index (κ3) is 1.98. The molecule has 0 spiro atoms. The lowest BCUT2D eigenvalue weighted by Crippen LogP contribution is -2.82. The highest BCUT2D eigenvalue weighted by Gasteiger charge is 2.71. The van der Waals surface area contributed by atoms with Crippen molar-refractivity contribution in [2.24, 2.45) is 28.9 Å². The van der Waals surface area contributed by atoms with Crippen LogP contribution in [-0.4, -0.2) is 42.1 Å². The summed E-state index contributed by atoms with van der Waals surface area (Å²) in [4.78, 5) is 15.2. The van der Waals surface area contributed by atoms with E-state index >= 15 is 0 Å². The van der Waals surface area contributed by atoms with Gasteiger partial charge in [0.2, 0.25) is 5.91 Å². The maximum absolute atomic E-state index is 13.1. The molecule has 1 saturated carbocycles. The molecule has 1 aliphatic carbocycles. The van der Waals surface area contributed by atoms with Crippen LogP contribution in [-0.2, 0) is 9.53 Å². The molecule has 2 saturated heterocycles. The molecule has 120 valence electrons. The monoisotopic (exact) mass is 294 g/mol. The van der Waals surface area contributed by atoms with Gasteiger partial charge >= 0.3 is 0 Å². The van der Waals surface area contributed by atoms with Gasteiger partial charge in [-0.05, 0) is 31.1 Å². The van der Waals surface area contributed by atoms with Crippen LogP contribution in [0.2, 0.25) is 0 Å². The minimum absolute atomic E-state index is 0.156. The van der Waals surface area contributed by atoms with E-state index in [1.54, 1.807) is 0 Å². The van der Waals surface area contributed by atoms with Crippen molar-refractivity contribution < 1.29 is 9.53 Å². The van der Waals surface area contributed by atoms with Crippen LogP contribution in [0, 0.1) is 23.2 Å². The van der Waals surface area contributed by atoms with Crippen molar-refractivity contribution in [2.45, 2.75) is 58.6 Å². The lowest BCUT2D eigenvalue weighted by Gasteiger charge is -2.65. The molecule has 2 N–H and O–H groups in total. The van der Waals surface area contributed by atoms with Gasteiger partial charge in [0.25, 0.3) is 0 Å². The number of likely N-dealkylation sites (tertiary alicyclic amines) is 1. The summed E-state index contributed by atoms with van der Waals surface area (Å²) in [7, 11) is 0. The molecule has 2 heterocycles. The molecule has 0 radical (unpaired) electrons. The second kappa shape index (κ2) is 4.95. The lowest BCUT2D eigenvalue weighted by molar-refractivity contribution is -0.229. The van der Waals surface area contributed by atoms with Gasteiger partial charge in [0.05, 0.1) is 6.10 Å². The summed E-state index contributed by atoms with van der Waals surface area (Å²) in [6, 6.07) is 0. The molecular weight excluding hydrogens is 264 g/mol. The summed E-state index contributed by atoms with van der Waals surface area (Å²) in [5.74, 6) is 1.63. The predicted octanol–water partition coefficient (Wildman–Crippen LogP) is 2.02. The van der Waals surface area contributed by atoms with E-state index < -0.39 is 5.54 Å². The SMILES string of the molecule is CC(C)C1CCN(C(=O)C2(N)C3CCCOC3C2(C)C)C1. The van der Waals surface area contributed by atoms with E-state index in [0.717, 1.165) is 39.0 Å². The van der Waals surface area contributed by atoms with E-state index in [9.17, 15) is 4.79 Å². The fraction of sp³-hybridized carbons (Fsp3) is 0.941. The number of ether oxygens (including phenoxy) is 1. The number of nitrogens with zero attached hydrogens (tertiary/aromatic N) is 1. The van der Waals surface area contributed by atoms with Crippen LogP contribution < -0.4 is 5.73 Å². The average Bonchev–Trinajstić information content (AvgIpc) is 2.95. The Morgan fingerprint density at radius 2 is 2.05 bits per heavy atom. The fourth-order valence-corrected chi connectivity index (χ4v) is 4.79. The van der Waals surface area contributed by atoms with Crippen molar-refractivity contribution in [1.82, 2.24) is 4.90 Å². The number of carbonyl (C=O) groups excluding carboxylic acids is 1. The fourth-order valence-electron chi connectivity index (χ4n) is 4.79. The first-order valence-corrected chi connectivity index (χ1v) is 8.50. The van der Waals surface area contributed by atoms with E-state index in [1.165, 1.54) is 0 Å². The first-order valence-electron chi connectivity index (χ1n) is 8.50. The first-order chi connectivity index (χ1) is 9.80. The Morgan fingerprint density at radius 1 is 1.33 bits per heavy atom. The van der Waals surface area contributed by atoms with Crippen molar-refractivity contribution in [3.8, 4) is 0 Å². The molecule has 3 aliphatic rings. The Bertz CT molecular complexity index is 435. The van der Waals surface area contributed by atoms with Gasteiger partial charge < -0.3 is 15.4 Å². The second-order valence-electron chi connectivity index (χ2n) is 8.17. The van der Waals surface area contributed by atoms with Gasteiger partial charge in [-0.1, -0.05) is 27.7 Å². The highest BCUT2D eigenvalue weighted by atomic mass is 16.5. The van der Waals surface area contributed by atoms with E-state index in [4.69, 9.17) is 10.5 Å². The summed E-state index contributed by atoms with van der Waals surface area (Å²) in [6.07, 6.45) is 3.32. The van der Waals surface area contributed by atoms with Crippen LogP contribution in [0.15, 0.2) is 0 Å². The van der Waals surface area contributed by atoms with Crippen molar-refractivity contribution in [3.05, 3.63) is 0 Å². The van der Waals surface area contributed by atoms with Crippen LogP contribution in [0.25, 0.3) is 0 Å². The Kier molecular flexibility index (Phi) is 3.61.